The molecule has 3 aromatic rings. The van der Waals surface area contributed by atoms with Gasteiger partial charge in [-0.3, -0.25) is 0 Å². The number of furan rings is 1. The van der Waals surface area contributed by atoms with Gasteiger partial charge in [0.25, 0.3) is 0 Å². The summed E-state index contributed by atoms with van der Waals surface area (Å²) in [5.41, 5.74) is 5.13. The van der Waals surface area contributed by atoms with E-state index < -0.39 is 0 Å². The molecule has 132 valence electrons. The van der Waals surface area contributed by atoms with Crippen molar-refractivity contribution in [2.24, 2.45) is 0 Å². The van der Waals surface area contributed by atoms with Gasteiger partial charge in [0.1, 0.15) is 11.8 Å². The number of nitrogens with zero attached hydrogens (tertiary/aromatic N) is 3. The molecule has 1 N–H and O–H groups in total. The molecule has 0 unspecified atom stereocenters. The Kier molecular flexibility index (Phi) is 3.85. The molecule has 7 nitrogen and oxygen atoms in total. The van der Waals surface area contributed by atoms with Gasteiger partial charge in [0.2, 0.25) is 5.71 Å². The minimum Gasteiger partial charge on any atom is -0.432 e. The van der Waals surface area contributed by atoms with Gasteiger partial charge in [0.05, 0.1) is 24.2 Å². The van der Waals surface area contributed by atoms with Gasteiger partial charge in [-0.1, -0.05) is 0 Å². The number of aryl methyl sites for hydroxylation is 1. The summed E-state index contributed by atoms with van der Waals surface area (Å²) < 4.78 is 17.1. The first-order valence-corrected chi connectivity index (χ1v) is 8.42. The van der Waals surface area contributed by atoms with Crippen LogP contribution in [0.15, 0.2) is 10.7 Å². The number of rotatable bonds is 4. The molecular formula is C18H22N4O3. The quantitative estimate of drug-likeness (QED) is 0.730. The molecule has 0 fully saturated rings. The van der Waals surface area contributed by atoms with Crippen LogP contribution in [-0.2, 0) is 22.5 Å². The molecule has 0 radical (unpaired) electrons. The molecule has 0 aromatic carbocycles. The topological polar surface area (TPSA) is 82.3 Å². The number of methoxy groups -OCH3 is 1. The van der Waals surface area contributed by atoms with Crippen LogP contribution in [0.2, 0.25) is 0 Å². The van der Waals surface area contributed by atoms with E-state index in [1.54, 1.807) is 13.4 Å². The number of ether oxygens (including phenoxy) is 2. The standard InChI is InChI=1S/C18H22N4O3/c1-10-12-8-24-18(2,3)7-11(12)13-14-15(25-17(13)22-10)16(21-9-20-14)19-5-6-23-4/h9H,5-8H2,1-4H3,(H,19,20,21). The molecule has 0 saturated heterocycles. The van der Waals surface area contributed by atoms with Crippen molar-refractivity contribution in [3.05, 3.63) is 23.1 Å². The van der Waals surface area contributed by atoms with Gasteiger partial charge in [0, 0.05) is 31.3 Å². The van der Waals surface area contributed by atoms with Crippen molar-refractivity contribution < 1.29 is 13.9 Å². The van der Waals surface area contributed by atoms with E-state index in [2.05, 4.69) is 34.1 Å². The largest absolute Gasteiger partial charge is 0.432 e. The lowest BCUT2D eigenvalue weighted by Gasteiger charge is -2.32. The predicted octanol–water partition coefficient (Wildman–Crippen LogP) is 2.99. The van der Waals surface area contributed by atoms with E-state index in [0.29, 0.717) is 36.9 Å². The predicted molar refractivity (Wildman–Crippen MR) is 94.8 cm³/mol. The number of fused-ring (bicyclic) bond motifs is 5. The Morgan fingerprint density at radius 2 is 2.12 bits per heavy atom. The molecular weight excluding hydrogens is 320 g/mol. The summed E-state index contributed by atoms with van der Waals surface area (Å²) in [4.78, 5) is 13.4. The first-order chi connectivity index (χ1) is 12.0. The highest BCUT2D eigenvalue weighted by Gasteiger charge is 2.31. The zero-order valence-electron chi connectivity index (χ0n) is 15.0. The molecule has 4 heterocycles. The van der Waals surface area contributed by atoms with E-state index in [-0.39, 0.29) is 5.60 Å². The summed E-state index contributed by atoms with van der Waals surface area (Å²) in [6, 6.07) is 0. The van der Waals surface area contributed by atoms with Gasteiger partial charge in [-0.05, 0) is 26.3 Å². The average molecular weight is 342 g/mol. The molecule has 0 atom stereocenters. The first-order valence-electron chi connectivity index (χ1n) is 8.42. The molecule has 0 saturated carbocycles. The fourth-order valence-corrected chi connectivity index (χ4v) is 3.37. The van der Waals surface area contributed by atoms with Crippen molar-refractivity contribution in [1.82, 2.24) is 15.0 Å². The Labute approximate surface area is 145 Å². The highest BCUT2D eigenvalue weighted by molar-refractivity contribution is 6.06. The van der Waals surface area contributed by atoms with Crippen LogP contribution in [0.1, 0.15) is 30.7 Å². The van der Waals surface area contributed by atoms with Gasteiger partial charge < -0.3 is 19.2 Å². The summed E-state index contributed by atoms with van der Waals surface area (Å²) in [6.45, 7) is 8.00. The SMILES string of the molecule is COCCNc1ncnc2c1oc1nc(C)c3c(c12)CC(C)(C)OC3. The van der Waals surface area contributed by atoms with E-state index in [0.717, 1.165) is 28.6 Å². The van der Waals surface area contributed by atoms with Crippen LogP contribution in [-0.4, -0.2) is 40.8 Å². The molecule has 3 aromatic heterocycles. The van der Waals surface area contributed by atoms with Gasteiger partial charge in [0.15, 0.2) is 11.4 Å². The van der Waals surface area contributed by atoms with Gasteiger partial charge in [-0.25, -0.2) is 15.0 Å². The lowest BCUT2D eigenvalue weighted by atomic mass is 9.89. The summed E-state index contributed by atoms with van der Waals surface area (Å²) in [5.74, 6) is 0.665. The van der Waals surface area contributed by atoms with Crippen molar-refractivity contribution >= 4 is 28.0 Å². The fraction of sp³-hybridized carbons (Fsp3) is 0.500. The van der Waals surface area contributed by atoms with E-state index in [9.17, 15) is 0 Å². The van der Waals surface area contributed by atoms with Crippen LogP contribution >= 0.6 is 0 Å². The molecule has 0 spiro atoms. The molecule has 25 heavy (non-hydrogen) atoms. The molecule has 4 rings (SSSR count). The Morgan fingerprint density at radius 3 is 2.92 bits per heavy atom. The minimum absolute atomic E-state index is 0.218. The highest BCUT2D eigenvalue weighted by Crippen LogP contribution is 2.39. The molecule has 0 bridgehead atoms. The fourth-order valence-electron chi connectivity index (χ4n) is 3.37. The van der Waals surface area contributed by atoms with Crippen LogP contribution in [0.4, 0.5) is 5.82 Å². The third-order valence-electron chi connectivity index (χ3n) is 4.63. The smallest absolute Gasteiger partial charge is 0.229 e. The molecule has 1 aliphatic rings. The van der Waals surface area contributed by atoms with E-state index in [1.165, 1.54) is 5.56 Å². The van der Waals surface area contributed by atoms with Gasteiger partial charge >= 0.3 is 0 Å². The van der Waals surface area contributed by atoms with E-state index in [4.69, 9.17) is 13.9 Å². The third kappa shape index (κ3) is 2.73. The second-order valence-electron chi connectivity index (χ2n) is 6.98. The van der Waals surface area contributed by atoms with Crippen LogP contribution in [0.3, 0.4) is 0 Å². The normalized spacial score (nSPS) is 16.3. The molecule has 0 amide bonds. The summed E-state index contributed by atoms with van der Waals surface area (Å²) >= 11 is 0. The second kappa shape index (κ2) is 5.93. The van der Waals surface area contributed by atoms with Crippen molar-refractivity contribution in [3.63, 3.8) is 0 Å². The van der Waals surface area contributed by atoms with Crippen LogP contribution < -0.4 is 5.32 Å². The summed E-state index contributed by atoms with van der Waals surface area (Å²) in [7, 11) is 1.67. The molecule has 7 heteroatoms. The lowest BCUT2D eigenvalue weighted by Crippen LogP contribution is -2.32. The van der Waals surface area contributed by atoms with Crippen LogP contribution in [0.5, 0.6) is 0 Å². The van der Waals surface area contributed by atoms with Gasteiger partial charge in [-0.15, -0.1) is 0 Å². The molecule has 0 aliphatic carbocycles. The third-order valence-corrected chi connectivity index (χ3v) is 4.63. The maximum absolute atomic E-state index is 6.05. The first kappa shape index (κ1) is 16.2. The number of nitrogens with one attached hydrogen (secondary N) is 1. The number of anilines is 1. The maximum Gasteiger partial charge on any atom is 0.229 e. The highest BCUT2D eigenvalue weighted by atomic mass is 16.5. The van der Waals surface area contributed by atoms with Gasteiger partial charge in [-0.2, -0.15) is 0 Å². The number of aromatic nitrogens is 3. The second-order valence-corrected chi connectivity index (χ2v) is 6.98. The van der Waals surface area contributed by atoms with Crippen LogP contribution in [0.25, 0.3) is 22.2 Å². The Hall–Kier alpha value is -2.25. The number of hydrogen-bond acceptors (Lipinski definition) is 7. The summed E-state index contributed by atoms with van der Waals surface area (Å²) in [5, 5.41) is 4.21. The lowest BCUT2D eigenvalue weighted by molar-refractivity contribution is -0.0400. The zero-order valence-corrected chi connectivity index (χ0v) is 15.0. The monoisotopic (exact) mass is 342 g/mol. The maximum atomic E-state index is 6.05. The summed E-state index contributed by atoms with van der Waals surface area (Å²) in [6.07, 6.45) is 2.36. The van der Waals surface area contributed by atoms with Crippen molar-refractivity contribution in [1.29, 1.82) is 0 Å². The minimum atomic E-state index is -0.218. The molecule has 1 aliphatic heterocycles. The van der Waals surface area contributed by atoms with Crippen molar-refractivity contribution in [3.8, 4) is 0 Å². The Balaban J connectivity index is 1.93. The average Bonchev–Trinajstić information content (AvgIpc) is 2.93. The zero-order chi connectivity index (χ0) is 17.6. The Morgan fingerprint density at radius 1 is 1.28 bits per heavy atom. The Bertz CT molecular complexity index is 949. The van der Waals surface area contributed by atoms with E-state index >= 15 is 0 Å². The number of hydrogen-bond donors (Lipinski definition) is 1. The number of pyridine rings is 1. The van der Waals surface area contributed by atoms with Crippen molar-refractivity contribution in [2.45, 2.75) is 39.4 Å². The van der Waals surface area contributed by atoms with Crippen LogP contribution in [0, 0.1) is 6.92 Å². The van der Waals surface area contributed by atoms with Crippen molar-refractivity contribution in [2.75, 3.05) is 25.6 Å². The van der Waals surface area contributed by atoms with E-state index in [1.807, 2.05) is 6.92 Å².